The van der Waals surface area contributed by atoms with E-state index >= 15 is 0 Å². The third-order valence-corrected chi connectivity index (χ3v) is 5.65. The van der Waals surface area contributed by atoms with Gasteiger partial charge in [0.25, 0.3) is 5.91 Å². The Balaban J connectivity index is 1.65. The maximum atomic E-state index is 13.2. The Hall–Kier alpha value is -2.94. The van der Waals surface area contributed by atoms with Crippen LogP contribution in [0.4, 0.5) is 13.2 Å². The van der Waals surface area contributed by atoms with Gasteiger partial charge in [0.1, 0.15) is 5.56 Å². The molecule has 1 aliphatic rings. The number of aromatic nitrogens is 3. The molecular weight excluding hydrogens is 409 g/mol. The zero-order valence-corrected chi connectivity index (χ0v) is 17.2. The molecule has 1 aliphatic heterocycles. The molecule has 1 fully saturated rings. The molecule has 2 aromatic heterocycles. The lowest BCUT2D eigenvalue weighted by Gasteiger charge is -2.38. The van der Waals surface area contributed by atoms with Crippen LogP contribution in [0.1, 0.15) is 59.7 Å². The van der Waals surface area contributed by atoms with Crippen molar-refractivity contribution in [3.05, 3.63) is 65.1 Å². The maximum Gasteiger partial charge on any atom is 0.416 e. The van der Waals surface area contributed by atoms with E-state index in [-0.39, 0.29) is 12.5 Å². The average Bonchev–Trinajstić information content (AvgIpc) is 3.17. The lowest BCUT2D eigenvalue weighted by molar-refractivity contribution is -0.137. The van der Waals surface area contributed by atoms with Gasteiger partial charge in [0.05, 0.1) is 23.9 Å². The number of nitrogens with zero attached hydrogens (tertiary/aromatic N) is 3. The second kappa shape index (κ2) is 7.96. The second-order valence-corrected chi connectivity index (χ2v) is 8.14. The van der Waals surface area contributed by atoms with Crippen molar-refractivity contribution in [3.63, 3.8) is 0 Å². The van der Waals surface area contributed by atoms with Crippen molar-refractivity contribution in [1.29, 1.82) is 0 Å². The Kier molecular flexibility index (Phi) is 5.47. The van der Waals surface area contributed by atoms with Gasteiger partial charge in [0.15, 0.2) is 5.65 Å². The molecule has 0 bridgehead atoms. The second-order valence-electron chi connectivity index (χ2n) is 8.14. The molecule has 1 aromatic carbocycles. The van der Waals surface area contributed by atoms with Crippen molar-refractivity contribution in [3.8, 4) is 0 Å². The Labute approximate surface area is 177 Å². The number of alkyl halides is 3. The van der Waals surface area contributed by atoms with Crippen molar-refractivity contribution < 1.29 is 22.7 Å². The summed E-state index contributed by atoms with van der Waals surface area (Å²) in [6, 6.07) is 4.87. The maximum absolute atomic E-state index is 13.2. The van der Waals surface area contributed by atoms with Crippen LogP contribution in [0.15, 0.2) is 42.9 Å². The third kappa shape index (κ3) is 4.14. The molecule has 0 spiro atoms. The number of nitrogens with one attached hydrogen (secondary N) is 1. The Bertz CT molecular complexity index is 1080. The molecular formula is C22H23F3N4O2. The van der Waals surface area contributed by atoms with Crippen LogP contribution in [0.3, 0.4) is 0 Å². The standard InChI is InChI=1S/C22H23F3N4O2/c1-14(2)15-10-26-19-18(11-27-29(19)12-15)20(30)28-21(8-3-9-31-13-21)16-4-6-17(7-5-16)22(23,24)25/h4-7,10-12,14H,3,8-9,13H2,1-2H3,(H,28,30). The van der Waals surface area contributed by atoms with E-state index in [0.717, 1.165) is 17.7 Å². The van der Waals surface area contributed by atoms with Gasteiger partial charge >= 0.3 is 6.18 Å². The van der Waals surface area contributed by atoms with Crippen LogP contribution in [0, 0.1) is 0 Å². The lowest BCUT2D eigenvalue weighted by atomic mass is 9.84. The summed E-state index contributed by atoms with van der Waals surface area (Å²) < 4.78 is 46.1. The Morgan fingerprint density at radius 1 is 1.23 bits per heavy atom. The molecule has 4 rings (SSSR count). The smallest absolute Gasteiger partial charge is 0.379 e. The topological polar surface area (TPSA) is 68.5 Å². The van der Waals surface area contributed by atoms with Crippen molar-refractivity contribution >= 4 is 11.6 Å². The highest BCUT2D eigenvalue weighted by Crippen LogP contribution is 2.34. The van der Waals surface area contributed by atoms with Crippen LogP contribution in [-0.2, 0) is 16.5 Å². The van der Waals surface area contributed by atoms with Crippen LogP contribution in [0.2, 0.25) is 0 Å². The van der Waals surface area contributed by atoms with Gasteiger partial charge in [-0.15, -0.1) is 0 Å². The number of benzene rings is 1. The number of hydrogen-bond acceptors (Lipinski definition) is 4. The number of halogens is 3. The normalized spacial score (nSPS) is 19.7. The largest absolute Gasteiger partial charge is 0.416 e. The third-order valence-electron chi connectivity index (χ3n) is 5.65. The van der Waals surface area contributed by atoms with E-state index in [1.54, 1.807) is 10.7 Å². The average molecular weight is 432 g/mol. The summed E-state index contributed by atoms with van der Waals surface area (Å²) >= 11 is 0. The van der Waals surface area contributed by atoms with Crippen LogP contribution >= 0.6 is 0 Å². The van der Waals surface area contributed by atoms with E-state index in [2.05, 4.69) is 15.4 Å². The molecule has 0 aliphatic carbocycles. The minimum atomic E-state index is -4.42. The van der Waals surface area contributed by atoms with Crippen LogP contribution in [-0.4, -0.2) is 33.7 Å². The van der Waals surface area contributed by atoms with Crippen LogP contribution in [0.5, 0.6) is 0 Å². The quantitative estimate of drug-likeness (QED) is 0.667. The van der Waals surface area contributed by atoms with E-state index in [1.165, 1.54) is 18.3 Å². The summed E-state index contributed by atoms with van der Waals surface area (Å²) in [5, 5.41) is 7.25. The van der Waals surface area contributed by atoms with Crippen molar-refractivity contribution in [1.82, 2.24) is 19.9 Å². The van der Waals surface area contributed by atoms with E-state index < -0.39 is 23.2 Å². The predicted molar refractivity (Wildman–Crippen MR) is 108 cm³/mol. The Morgan fingerprint density at radius 2 is 1.97 bits per heavy atom. The predicted octanol–water partition coefficient (Wildman–Crippen LogP) is 4.31. The minimum Gasteiger partial charge on any atom is -0.379 e. The van der Waals surface area contributed by atoms with Crippen molar-refractivity contribution in [2.75, 3.05) is 13.2 Å². The molecule has 1 N–H and O–H groups in total. The van der Waals surface area contributed by atoms with Gasteiger partial charge in [-0.05, 0) is 42.0 Å². The summed E-state index contributed by atoms with van der Waals surface area (Å²) in [6.45, 7) is 4.79. The molecule has 1 atom stereocenters. The molecule has 1 saturated heterocycles. The zero-order valence-electron chi connectivity index (χ0n) is 17.2. The van der Waals surface area contributed by atoms with E-state index in [4.69, 9.17) is 4.74 Å². The monoisotopic (exact) mass is 432 g/mol. The number of rotatable bonds is 4. The van der Waals surface area contributed by atoms with Gasteiger partial charge in [0.2, 0.25) is 0 Å². The SMILES string of the molecule is CC(C)c1cnc2c(C(=O)NC3(c4ccc(C(F)(F)F)cc4)CCCOC3)cnn2c1. The molecule has 6 nitrogen and oxygen atoms in total. The Morgan fingerprint density at radius 3 is 2.58 bits per heavy atom. The number of carbonyl (C=O) groups is 1. The molecule has 164 valence electrons. The van der Waals surface area contributed by atoms with Gasteiger partial charge in [0, 0.05) is 19.0 Å². The summed E-state index contributed by atoms with van der Waals surface area (Å²) in [6.07, 6.45) is 1.80. The molecule has 3 aromatic rings. The zero-order chi connectivity index (χ0) is 22.2. The lowest BCUT2D eigenvalue weighted by Crippen LogP contribution is -2.51. The highest BCUT2D eigenvalue weighted by atomic mass is 19.4. The van der Waals surface area contributed by atoms with Gasteiger partial charge in [-0.2, -0.15) is 18.3 Å². The highest BCUT2D eigenvalue weighted by Gasteiger charge is 2.38. The van der Waals surface area contributed by atoms with Gasteiger partial charge in [-0.1, -0.05) is 26.0 Å². The molecule has 0 radical (unpaired) electrons. The van der Waals surface area contributed by atoms with E-state index in [1.807, 2.05) is 20.0 Å². The summed E-state index contributed by atoms with van der Waals surface area (Å²) in [5.74, 6) is -0.133. The number of fused-ring (bicyclic) bond motifs is 1. The fraction of sp³-hybridized carbons (Fsp3) is 0.409. The molecule has 9 heteroatoms. The minimum absolute atomic E-state index is 0.175. The number of carbonyl (C=O) groups excluding carboxylic acids is 1. The van der Waals surface area contributed by atoms with Gasteiger partial charge in [-0.3, -0.25) is 4.79 Å². The summed E-state index contributed by atoms with van der Waals surface area (Å²) in [4.78, 5) is 17.6. The first kappa shape index (κ1) is 21.3. The number of hydrogen-bond donors (Lipinski definition) is 1. The fourth-order valence-corrected chi connectivity index (χ4v) is 3.80. The summed E-state index contributed by atoms with van der Waals surface area (Å²) in [7, 11) is 0. The van der Waals surface area contributed by atoms with Crippen molar-refractivity contribution in [2.45, 2.75) is 44.3 Å². The molecule has 31 heavy (non-hydrogen) atoms. The van der Waals surface area contributed by atoms with E-state index in [9.17, 15) is 18.0 Å². The van der Waals surface area contributed by atoms with Crippen LogP contribution in [0.25, 0.3) is 5.65 Å². The molecule has 1 unspecified atom stereocenters. The van der Waals surface area contributed by atoms with Crippen molar-refractivity contribution in [2.24, 2.45) is 0 Å². The molecule has 3 heterocycles. The molecule has 1 amide bonds. The number of ether oxygens (including phenoxy) is 1. The van der Waals surface area contributed by atoms with Crippen LogP contribution < -0.4 is 5.32 Å². The highest BCUT2D eigenvalue weighted by molar-refractivity contribution is 6.00. The first-order chi connectivity index (χ1) is 14.7. The molecule has 0 saturated carbocycles. The summed E-state index contributed by atoms with van der Waals surface area (Å²) in [5.41, 5.74) is 0.617. The number of amides is 1. The first-order valence-corrected chi connectivity index (χ1v) is 10.1. The fourth-order valence-electron chi connectivity index (χ4n) is 3.80. The van der Waals surface area contributed by atoms with Gasteiger partial charge in [-0.25, -0.2) is 9.50 Å². The van der Waals surface area contributed by atoms with E-state index in [0.29, 0.717) is 36.2 Å². The van der Waals surface area contributed by atoms with Gasteiger partial charge < -0.3 is 10.1 Å². The first-order valence-electron chi connectivity index (χ1n) is 10.1.